The smallest absolute Gasteiger partial charge is 0.246 e. The third-order valence-corrected chi connectivity index (χ3v) is 3.99. The molecule has 1 aromatic rings. The average molecular weight is 261 g/mol. The Morgan fingerprint density at radius 1 is 1.37 bits per heavy atom. The van der Waals surface area contributed by atoms with Crippen molar-refractivity contribution in [3.8, 4) is 0 Å². The molecule has 0 aromatic heterocycles. The zero-order valence-corrected chi connectivity index (χ0v) is 11.0. The Morgan fingerprint density at radius 2 is 2.11 bits per heavy atom. The number of likely N-dealkylation sites (N-methyl/N-ethyl adjacent to an activating group) is 1. The van der Waals surface area contributed by atoms with Gasteiger partial charge in [-0.1, -0.05) is 6.07 Å². The Bertz CT molecular complexity index is 495. The van der Waals surface area contributed by atoms with Gasteiger partial charge in [-0.3, -0.25) is 4.79 Å². The number of anilines is 2. The van der Waals surface area contributed by atoms with E-state index in [1.54, 1.807) is 7.05 Å². The highest BCUT2D eigenvalue weighted by atomic mass is 16.3. The maximum atomic E-state index is 11.8. The van der Waals surface area contributed by atoms with Gasteiger partial charge >= 0.3 is 0 Å². The summed E-state index contributed by atoms with van der Waals surface area (Å²) in [5, 5.41) is 15.5. The van der Waals surface area contributed by atoms with E-state index in [1.165, 1.54) is 0 Å². The zero-order valence-electron chi connectivity index (χ0n) is 11.0. The number of carbonyl (C=O) groups is 1. The Morgan fingerprint density at radius 3 is 2.79 bits per heavy atom. The summed E-state index contributed by atoms with van der Waals surface area (Å²) >= 11 is 0. The van der Waals surface area contributed by atoms with E-state index >= 15 is 0 Å². The van der Waals surface area contributed by atoms with Gasteiger partial charge in [-0.2, -0.15) is 0 Å². The van der Waals surface area contributed by atoms with Crippen molar-refractivity contribution in [2.24, 2.45) is 0 Å². The lowest BCUT2D eigenvalue weighted by Gasteiger charge is -2.31. The van der Waals surface area contributed by atoms with Crippen molar-refractivity contribution in [2.75, 3.05) is 30.4 Å². The van der Waals surface area contributed by atoms with Crippen LogP contribution in [0.4, 0.5) is 11.4 Å². The highest BCUT2D eigenvalue weighted by Crippen LogP contribution is 2.34. The molecule has 3 N–H and O–H groups in total. The molecule has 0 radical (unpaired) electrons. The van der Waals surface area contributed by atoms with Gasteiger partial charge in [0.25, 0.3) is 0 Å². The lowest BCUT2D eigenvalue weighted by Crippen LogP contribution is -2.35. The molecular weight excluding hydrogens is 242 g/mol. The molecule has 0 aliphatic carbocycles. The summed E-state index contributed by atoms with van der Waals surface area (Å²) in [6.07, 6.45) is 1.45. The fraction of sp³-hybridized carbons (Fsp3) is 0.500. The highest BCUT2D eigenvalue weighted by Gasteiger charge is 2.29. The van der Waals surface area contributed by atoms with E-state index in [1.807, 2.05) is 12.1 Å². The highest BCUT2D eigenvalue weighted by molar-refractivity contribution is 6.03. The average Bonchev–Trinajstić information content (AvgIpc) is 2.73. The van der Waals surface area contributed by atoms with Crippen LogP contribution in [0, 0.1) is 0 Å². The van der Waals surface area contributed by atoms with Gasteiger partial charge in [0.1, 0.15) is 6.04 Å². The molecule has 0 spiro atoms. The molecule has 5 heteroatoms. The van der Waals surface area contributed by atoms with Gasteiger partial charge < -0.3 is 20.6 Å². The zero-order chi connectivity index (χ0) is 13.4. The Balaban J connectivity index is 1.83. The molecule has 2 aliphatic rings. The lowest BCUT2D eigenvalue weighted by atomic mass is 10.0. The van der Waals surface area contributed by atoms with E-state index in [9.17, 15) is 9.90 Å². The van der Waals surface area contributed by atoms with Gasteiger partial charge in [0.2, 0.25) is 5.91 Å². The van der Waals surface area contributed by atoms with Gasteiger partial charge in [-0.05, 0) is 32.0 Å². The van der Waals surface area contributed by atoms with Crippen LogP contribution in [0.1, 0.15) is 24.4 Å². The molecule has 2 aliphatic heterocycles. The van der Waals surface area contributed by atoms with Crippen LogP contribution in [-0.4, -0.2) is 37.3 Å². The number of fused-ring (bicyclic) bond motifs is 1. The van der Waals surface area contributed by atoms with Crippen molar-refractivity contribution >= 4 is 17.3 Å². The molecule has 3 rings (SSSR count). The largest absolute Gasteiger partial charge is 0.393 e. The third kappa shape index (κ3) is 2.19. The number of amides is 1. The summed E-state index contributed by atoms with van der Waals surface area (Å²) < 4.78 is 0. The molecule has 1 unspecified atom stereocenters. The summed E-state index contributed by atoms with van der Waals surface area (Å²) in [7, 11) is 1.79. The molecule has 0 saturated carbocycles. The van der Waals surface area contributed by atoms with Crippen LogP contribution in [0.2, 0.25) is 0 Å². The van der Waals surface area contributed by atoms with E-state index in [4.69, 9.17) is 0 Å². The Kier molecular flexibility index (Phi) is 3.16. The standard InChI is InChI=1S/C14H19N3O2/c1-15-13-11-3-2-9(8-12(11)16-14(13)19)17-6-4-10(18)5-7-17/h2-3,8,10,13,15,18H,4-7H2,1H3,(H,16,19). The number of benzene rings is 1. The summed E-state index contributed by atoms with van der Waals surface area (Å²) in [6.45, 7) is 1.73. The monoisotopic (exact) mass is 261 g/mol. The molecule has 102 valence electrons. The molecular formula is C14H19N3O2. The first-order valence-electron chi connectivity index (χ1n) is 6.74. The summed E-state index contributed by atoms with van der Waals surface area (Å²) in [4.78, 5) is 14.0. The summed E-state index contributed by atoms with van der Waals surface area (Å²) in [5.74, 6) is 0.00344. The second-order valence-corrected chi connectivity index (χ2v) is 5.20. The van der Waals surface area contributed by atoms with Crippen LogP contribution < -0.4 is 15.5 Å². The van der Waals surface area contributed by atoms with Gasteiger partial charge in [0.15, 0.2) is 0 Å². The van der Waals surface area contributed by atoms with Crippen molar-refractivity contribution in [2.45, 2.75) is 25.0 Å². The van der Waals surface area contributed by atoms with Crippen LogP contribution >= 0.6 is 0 Å². The predicted molar refractivity (Wildman–Crippen MR) is 74.3 cm³/mol. The van der Waals surface area contributed by atoms with E-state index in [-0.39, 0.29) is 18.1 Å². The van der Waals surface area contributed by atoms with Crippen molar-refractivity contribution in [3.63, 3.8) is 0 Å². The molecule has 5 nitrogen and oxygen atoms in total. The first-order valence-corrected chi connectivity index (χ1v) is 6.74. The normalized spacial score (nSPS) is 23.4. The number of rotatable bonds is 2. The molecule has 2 heterocycles. The number of piperidine rings is 1. The number of nitrogens with one attached hydrogen (secondary N) is 2. The van der Waals surface area contributed by atoms with E-state index in [0.29, 0.717) is 0 Å². The number of hydrogen-bond acceptors (Lipinski definition) is 4. The maximum Gasteiger partial charge on any atom is 0.246 e. The van der Waals surface area contributed by atoms with Crippen molar-refractivity contribution in [3.05, 3.63) is 23.8 Å². The SMILES string of the molecule is CNC1C(=O)Nc2cc(N3CCC(O)CC3)ccc21. The number of carbonyl (C=O) groups excluding carboxylic acids is 1. The quantitative estimate of drug-likeness (QED) is 0.739. The van der Waals surface area contributed by atoms with Gasteiger partial charge in [0.05, 0.1) is 6.10 Å². The number of aliphatic hydroxyl groups excluding tert-OH is 1. The van der Waals surface area contributed by atoms with E-state index in [0.717, 1.165) is 42.9 Å². The number of hydrogen-bond donors (Lipinski definition) is 3. The molecule has 1 amide bonds. The second-order valence-electron chi connectivity index (χ2n) is 5.20. The first-order chi connectivity index (χ1) is 9.19. The predicted octanol–water partition coefficient (Wildman–Crippen LogP) is 0.860. The van der Waals surface area contributed by atoms with Crippen LogP contribution in [0.5, 0.6) is 0 Å². The Labute approximate surface area is 112 Å². The molecule has 1 fully saturated rings. The third-order valence-electron chi connectivity index (χ3n) is 3.99. The van der Waals surface area contributed by atoms with Gasteiger partial charge in [0, 0.05) is 30.0 Å². The second kappa shape index (κ2) is 4.83. The molecule has 1 aromatic carbocycles. The fourth-order valence-corrected chi connectivity index (χ4v) is 2.86. The van der Waals surface area contributed by atoms with Crippen molar-refractivity contribution in [1.82, 2.24) is 5.32 Å². The molecule has 0 bridgehead atoms. The lowest BCUT2D eigenvalue weighted by molar-refractivity contribution is -0.117. The minimum absolute atomic E-state index is 0.00344. The minimum Gasteiger partial charge on any atom is -0.393 e. The molecule has 1 saturated heterocycles. The first kappa shape index (κ1) is 12.4. The van der Waals surface area contributed by atoms with Gasteiger partial charge in [-0.15, -0.1) is 0 Å². The van der Waals surface area contributed by atoms with E-state index < -0.39 is 0 Å². The molecule has 19 heavy (non-hydrogen) atoms. The van der Waals surface area contributed by atoms with Gasteiger partial charge in [-0.25, -0.2) is 0 Å². The van der Waals surface area contributed by atoms with Crippen molar-refractivity contribution < 1.29 is 9.90 Å². The van der Waals surface area contributed by atoms with Crippen LogP contribution in [0.3, 0.4) is 0 Å². The fourth-order valence-electron chi connectivity index (χ4n) is 2.86. The van der Waals surface area contributed by atoms with Crippen LogP contribution in [0.25, 0.3) is 0 Å². The Hall–Kier alpha value is -1.59. The van der Waals surface area contributed by atoms with Crippen LogP contribution in [-0.2, 0) is 4.79 Å². The number of aliphatic hydroxyl groups is 1. The summed E-state index contributed by atoms with van der Waals surface area (Å²) in [6, 6.07) is 5.85. The number of nitrogens with zero attached hydrogens (tertiary/aromatic N) is 1. The maximum absolute atomic E-state index is 11.8. The molecule has 1 atom stereocenters. The topological polar surface area (TPSA) is 64.6 Å². The van der Waals surface area contributed by atoms with Crippen LogP contribution in [0.15, 0.2) is 18.2 Å². The minimum atomic E-state index is -0.243. The summed E-state index contributed by atoms with van der Waals surface area (Å²) in [5.41, 5.74) is 3.02. The van der Waals surface area contributed by atoms with E-state index in [2.05, 4.69) is 21.6 Å². The van der Waals surface area contributed by atoms with Crippen molar-refractivity contribution in [1.29, 1.82) is 0 Å².